The minimum atomic E-state index is -0.192. The molecule has 0 aliphatic heterocycles. The van der Waals surface area contributed by atoms with E-state index in [9.17, 15) is 9.59 Å². The second kappa shape index (κ2) is 8.65. The number of carbonyl (C=O) groups excluding carboxylic acids is 2. The van der Waals surface area contributed by atoms with Gasteiger partial charge in [-0.15, -0.1) is 11.3 Å². The molecule has 0 aliphatic rings. The van der Waals surface area contributed by atoms with Crippen molar-refractivity contribution in [3.8, 4) is 0 Å². The van der Waals surface area contributed by atoms with Gasteiger partial charge in [-0.05, 0) is 19.9 Å². The van der Waals surface area contributed by atoms with E-state index in [-0.39, 0.29) is 11.9 Å². The summed E-state index contributed by atoms with van der Waals surface area (Å²) in [6.07, 6.45) is 1.15. The summed E-state index contributed by atoms with van der Waals surface area (Å²) in [5.74, 6) is -0.192. The molecule has 112 valence electrons. The third-order valence-corrected chi connectivity index (χ3v) is 3.65. The Morgan fingerprint density at radius 3 is 2.85 bits per heavy atom. The molecule has 7 heteroatoms. The number of ether oxygens (including phenoxy) is 1. The summed E-state index contributed by atoms with van der Waals surface area (Å²) in [7, 11) is 1.39. The van der Waals surface area contributed by atoms with Gasteiger partial charge in [-0.2, -0.15) is 0 Å². The van der Waals surface area contributed by atoms with Gasteiger partial charge in [0, 0.05) is 31.8 Å². The van der Waals surface area contributed by atoms with Crippen molar-refractivity contribution in [2.75, 3.05) is 25.1 Å². The van der Waals surface area contributed by atoms with Crippen LogP contribution in [0.3, 0.4) is 0 Å². The molecule has 0 fully saturated rings. The quantitative estimate of drug-likeness (QED) is 0.582. The number of nitrogens with zero attached hydrogens (tertiary/aromatic N) is 2. The van der Waals surface area contributed by atoms with Crippen LogP contribution in [0.15, 0.2) is 5.38 Å². The summed E-state index contributed by atoms with van der Waals surface area (Å²) in [6, 6.07) is 0. The van der Waals surface area contributed by atoms with Gasteiger partial charge >= 0.3 is 5.97 Å². The molecule has 0 bridgehead atoms. The second-order valence-corrected chi connectivity index (χ2v) is 5.08. The Hall–Kier alpha value is -1.47. The third kappa shape index (κ3) is 5.26. The number of aromatic nitrogens is 1. The molecule has 6 nitrogen and oxygen atoms in total. The first-order valence-corrected chi connectivity index (χ1v) is 7.46. The average Bonchev–Trinajstić information content (AvgIpc) is 2.87. The van der Waals surface area contributed by atoms with Crippen LogP contribution in [0.5, 0.6) is 0 Å². The van der Waals surface area contributed by atoms with Crippen LogP contribution in [0.1, 0.15) is 32.4 Å². The largest absolute Gasteiger partial charge is 0.469 e. The first-order valence-electron chi connectivity index (χ1n) is 6.58. The average molecular weight is 299 g/mol. The van der Waals surface area contributed by atoms with Crippen molar-refractivity contribution in [1.29, 1.82) is 0 Å². The minimum Gasteiger partial charge on any atom is -0.469 e. The van der Waals surface area contributed by atoms with Gasteiger partial charge in [0.25, 0.3) is 0 Å². The molecule has 1 amide bonds. The summed E-state index contributed by atoms with van der Waals surface area (Å²) < 4.78 is 4.56. The Kier molecular flexibility index (Phi) is 7.17. The molecule has 0 radical (unpaired) electrons. The maximum Gasteiger partial charge on any atom is 0.305 e. The van der Waals surface area contributed by atoms with Gasteiger partial charge in [0.1, 0.15) is 0 Å². The maximum atomic E-state index is 11.4. The molecule has 0 spiro atoms. The summed E-state index contributed by atoms with van der Waals surface area (Å²) in [6.45, 7) is 5.44. The molecular formula is C13H21N3O3S. The fourth-order valence-corrected chi connectivity index (χ4v) is 2.60. The number of carbonyl (C=O) groups is 2. The summed E-state index contributed by atoms with van der Waals surface area (Å²) in [4.78, 5) is 28.4. The summed E-state index contributed by atoms with van der Waals surface area (Å²) in [5, 5.41) is 5.88. The number of methoxy groups -OCH3 is 1. The van der Waals surface area contributed by atoms with E-state index in [0.717, 1.165) is 23.8 Å². The van der Waals surface area contributed by atoms with E-state index in [1.807, 2.05) is 12.3 Å². The fraction of sp³-hybridized carbons (Fsp3) is 0.615. The highest BCUT2D eigenvalue weighted by Crippen LogP contribution is 2.20. The highest BCUT2D eigenvalue weighted by molar-refractivity contribution is 7.14. The van der Waals surface area contributed by atoms with E-state index in [0.29, 0.717) is 19.5 Å². The standard InChI is InChI=1S/C13H21N3O3S/c1-4-16(10(2)17)13-15-11(9-20-13)8-14-7-5-6-12(18)19-3/h9,14H,4-8H2,1-3H3. The Morgan fingerprint density at radius 2 is 2.25 bits per heavy atom. The van der Waals surface area contributed by atoms with Crippen LogP contribution in [-0.2, 0) is 20.9 Å². The molecule has 0 saturated carbocycles. The lowest BCUT2D eigenvalue weighted by Gasteiger charge is -2.14. The topological polar surface area (TPSA) is 71.5 Å². The number of anilines is 1. The summed E-state index contributed by atoms with van der Waals surface area (Å²) in [5.41, 5.74) is 0.905. The highest BCUT2D eigenvalue weighted by Gasteiger charge is 2.13. The molecule has 0 atom stereocenters. The van der Waals surface area contributed by atoms with Crippen LogP contribution in [-0.4, -0.2) is 37.1 Å². The molecule has 0 saturated heterocycles. The van der Waals surface area contributed by atoms with Gasteiger partial charge in [-0.3, -0.25) is 14.5 Å². The predicted molar refractivity (Wildman–Crippen MR) is 78.8 cm³/mol. The lowest BCUT2D eigenvalue weighted by atomic mass is 10.3. The maximum absolute atomic E-state index is 11.4. The molecule has 1 aromatic rings. The monoisotopic (exact) mass is 299 g/mol. The van der Waals surface area contributed by atoms with E-state index in [1.165, 1.54) is 25.4 Å². The van der Waals surface area contributed by atoms with E-state index >= 15 is 0 Å². The number of rotatable bonds is 8. The lowest BCUT2D eigenvalue weighted by molar-refractivity contribution is -0.140. The Bertz CT molecular complexity index is 448. The molecule has 1 aromatic heterocycles. The zero-order chi connectivity index (χ0) is 15.0. The molecule has 0 unspecified atom stereocenters. The number of amides is 1. The van der Waals surface area contributed by atoms with Crippen LogP contribution in [0.2, 0.25) is 0 Å². The minimum absolute atomic E-state index is 0.000521. The van der Waals surface area contributed by atoms with E-state index in [4.69, 9.17) is 0 Å². The van der Waals surface area contributed by atoms with Crippen LogP contribution in [0.25, 0.3) is 0 Å². The van der Waals surface area contributed by atoms with Gasteiger partial charge in [0.05, 0.1) is 12.8 Å². The van der Waals surface area contributed by atoms with Crippen LogP contribution in [0, 0.1) is 0 Å². The third-order valence-electron chi connectivity index (χ3n) is 2.74. The fourth-order valence-electron chi connectivity index (χ4n) is 1.67. The number of nitrogens with one attached hydrogen (secondary N) is 1. The number of hydrogen-bond donors (Lipinski definition) is 1. The van der Waals surface area contributed by atoms with Gasteiger partial charge in [0.2, 0.25) is 5.91 Å². The first-order chi connectivity index (χ1) is 9.58. The van der Waals surface area contributed by atoms with Crippen molar-refractivity contribution in [3.05, 3.63) is 11.1 Å². The second-order valence-electron chi connectivity index (χ2n) is 4.24. The van der Waals surface area contributed by atoms with Crippen molar-refractivity contribution >= 4 is 28.3 Å². The van der Waals surface area contributed by atoms with Gasteiger partial charge in [-0.1, -0.05) is 0 Å². The normalized spacial score (nSPS) is 10.3. The number of hydrogen-bond acceptors (Lipinski definition) is 6. The molecule has 0 aliphatic carbocycles. The van der Waals surface area contributed by atoms with Gasteiger partial charge < -0.3 is 10.1 Å². The van der Waals surface area contributed by atoms with Crippen molar-refractivity contribution in [2.45, 2.75) is 33.2 Å². The Balaban J connectivity index is 2.33. The Morgan fingerprint density at radius 1 is 1.50 bits per heavy atom. The van der Waals surface area contributed by atoms with Crippen molar-refractivity contribution < 1.29 is 14.3 Å². The summed E-state index contributed by atoms with van der Waals surface area (Å²) >= 11 is 1.46. The Labute approximate surface area is 123 Å². The lowest BCUT2D eigenvalue weighted by Crippen LogP contribution is -2.27. The molecular weight excluding hydrogens is 278 g/mol. The zero-order valence-corrected chi connectivity index (χ0v) is 13.0. The van der Waals surface area contributed by atoms with E-state index in [1.54, 1.807) is 4.90 Å². The molecule has 1 rings (SSSR count). The van der Waals surface area contributed by atoms with Crippen LogP contribution < -0.4 is 10.2 Å². The van der Waals surface area contributed by atoms with Crippen molar-refractivity contribution in [1.82, 2.24) is 10.3 Å². The molecule has 1 N–H and O–H groups in total. The van der Waals surface area contributed by atoms with E-state index < -0.39 is 0 Å². The molecule has 1 heterocycles. The SMILES string of the molecule is CCN(C(C)=O)c1nc(CNCCCC(=O)OC)cs1. The van der Waals surface area contributed by atoms with Crippen molar-refractivity contribution in [2.24, 2.45) is 0 Å². The van der Waals surface area contributed by atoms with Gasteiger partial charge in [0.15, 0.2) is 5.13 Å². The van der Waals surface area contributed by atoms with Gasteiger partial charge in [-0.25, -0.2) is 4.98 Å². The first kappa shape index (κ1) is 16.6. The van der Waals surface area contributed by atoms with Crippen LogP contribution >= 0.6 is 11.3 Å². The van der Waals surface area contributed by atoms with E-state index in [2.05, 4.69) is 15.0 Å². The smallest absolute Gasteiger partial charge is 0.305 e. The van der Waals surface area contributed by atoms with Crippen molar-refractivity contribution in [3.63, 3.8) is 0 Å². The molecule has 0 aromatic carbocycles. The molecule has 20 heavy (non-hydrogen) atoms. The predicted octanol–water partition coefficient (Wildman–Crippen LogP) is 1.56. The van der Waals surface area contributed by atoms with Crippen LogP contribution in [0.4, 0.5) is 5.13 Å². The number of esters is 1. The highest BCUT2D eigenvalue weighted by atomic mass is 32.1. The number of thiazole rings is 1. The zero-order valence-electron chi connectivity index (χ0n) is 12.1.